The smallest absolute Gasteiger partial charge is 0.124 e. The molecular weight excluding hydrogens is 641 g/mol. The van der Waals surface area contributed by atoms with Crippen LogP contribution in [0.1, 0.15) is 16.7 Å². The van der Waals surface area contributed by atoms with Crippen LogP contribution in [0.25, 0.3) is 64.9 Å². The van der Waals surface area contributed by atoms with E-state index >= 15 is 0 Å². The van der Waals surface area contributed by atoms with Gasteiger partial charge < -0.3 is 10.8 Å². The molecule has 5 heteroatoms. The number of hydrogen-bond donors (Lipinski definition) is 2. The molecule has 2 N–H and O–H groups in total. The fourth-order valence-corrected chi connectivity index (χ4v) is 7.38. The first-order valence-electron chi connectivity index (χ1n) is 16.6. The fraction of sp³-hybridized carbons (Fsp3) is 0. The molecule has 0 bridgehead atoms. The minimum absolute atomic E-state index is 0.355. The zero-order valence-corrected chi connectivity index (χ0v) is 28.3. The summed E-state index contributed by atoms with van der Waals surface area (Å²) < 4.78 is 1.10. The van der Waals surface area contributed by atoms with Crippen LogP contribution in [-0.2, 0) is 0 Å². The standard InChI is InChI=1S/C46H30N4S/c47-29-30-8-6-14-38(26-30)46-50-43-28-36(21-25-44(43)51-46)35-12-7-13-37(27-35)40-22-20-31-9-4-5-15-39(31)45(40)34-18-16-33(17-19-34)42(49)24-23-41(48)32-10-2-1-3-11-32/h1-28,48-49H/b24-23-,48-41?,49-42?. The number of benzene rings is 7. The number of hydrogen-bond acceptors (Lipinski definition) is 5. The molecule has 0 fully saturated rings. The van der Waals surface area contributed by atoms with Crippen molar-refractivity contribution in [2.45, 2.75) is 0 Å². The molecule has 240 valence electrons. The van der Waals surface area contributed by atoms with Crippen molar-refractivity contribution in [2.75, 3.05) is 0 Å². The van der Waals surface area contributed by atoms with Crippen molar-refractivity contribution in [1.29, 1.82) is 16.1 Å². The van der Waals surface area contributed by atoms with Gasteiger partial charge in [0.15, 0.2) is 0 Å². The molecule has 8 rings (SSSR count). The molecule has 0 saturated carbocycles. The van der Waals surface area contributed by atoms with Gasteiger partial charge in [-0.1, -0.05) is 127 Å². The molecule has 0 unspecified atom stereocenters. The highest BCUT2D eigenvalue weighted by Gasteiger charge is 2.14. The van der Waals surface area contributed by atoms with Gasteiger partial charge in [0.2, 0.25) is 0 Å². The lowest BCUT2D eigenvalue weighted by atomic mass is 9.88. The van der Waals surface area contributed by atoms with Crippen molar-refractivity contribution < 1.29 is 0 Å². The van der Waals surface area contributed by atoms with Crippen molar-refractivity contribution in [1.82, 2.24) is 4.98 Å². The molecule has 0 radical (unpaired) electrons. The van der Waals surface area contributed by atoms with Gasteiger partial charge >= 0.3 is 0 Å². The maximum atomic E-state index is 9.36. The quantitative estimate of drug-likeness (QED) is 0.158. The number of rotatable bonds is 8. The second-order valence-corrected chi connectivity index (χ2v) is 13.3. The van der Waals surface area contributed by atoms with Gasteiger partial charge in [0.25, 0.3) is 0 Å². The monoisotopic (exact) mass is 670 g/mol. The van der Waals surface area contributed by atoms with Crippen LogP contribution in [0.5, 0.6) is 0 Å². The Morgan fingerprint density at radius 3 is 2.04 bits per heavy atom. The van der Waals surface area contributed by atoms with E-state index in [1.54, 1.807) is 23.5 Å². The SMILES string of the molecule is N#Cc1cccc(-c2nc3cc(-c4cccc(-c5ccc6ccccc6c5-c5ccc(C(=N)/C=C\C(=N)c6ccccc6)cc5)c4)ccc3s2)c1. The number of nitriles is 1. The van der Waals surface area contributed by atoms with Crippen molar-refractivity contribution >= 4 is 43.7 Å². The number of nitrogens with zero attached hydrogens (tertiary/aromatic N) is 2. The molecule has 0 saturated heterocycles. The van der Waals surface area contributed by atoms with Crippen LogP contribution in [0.4, 0.5) is 0 Å². The third-order valence-electron chi connectivity index (χ3n) is 9.05. The summed E-state index contributed by atoms with van der Waals surface area (Å²) in [5, 5.41) is 29.6. The average molecular weight is 671 g/mol. The summed E-state index contributed by atoms with van der Waals surface area (Å²) in [7, 11) is 0. The number of allylic oxidation sites excluding steroid dienone is 2. The van der Waals surface area contributed by atoms with E-state index in [2.05, 4.69) is 97.1 Å². The first-order chi connectivity index (χ1) is 25.0. The van der Waals surface area contributed by atoms with Crippen LogP contribution < -0.4 is 0 Å². The third-order valence-corrected chi connectivity index (χ3v) is 10.1. The maximum Gasteiger partial charge on any atom is 0.124 e. The molecule has 8 aromatic rings. The highest BCUT2D eigenvalue weighted by Crippen LogP contribution is 2.40. The molecule has 0 amide bonds. The predicted molar refractivity (Wildman–Crippen MR) is 213 cm³/mol. The van der Waals surface area contributed by atoms with Gasteiger partial charge in [-0.25, -0.2) is 4.98 Å². The molecule has 0 spiro atoms. The summed E-state index contributed by atoms with van der Waals surface area (Å²) in [6.07, 6.45) is 3.37. The second-order valence-electron chi connectivity index (χ2n) is 12.3. The summed E-state index contributed by atoms with van der Waals surface area (Å²) >= 11 is 1.63. The summed E-state index contributed by atoms with van der Waals surface area (Å²) in [5.74, 6) is 0. The minimum atomic E-state index is 0.355. The molecule has 0 aliphatic rings. The van der Waals surface area contributed by atoms with Gasteiger partial charge in [0.05, 0.1) is 33.3 Å². The summed E-state index contributed by atoms with van der Waals surface area (Å²) in [6.45, 7) is 0. The first kappa shape index (κ1) is 31.5. The first-order valence-corrected chi connectivity index (χ1v) is 17.4. The Hall–Kier alpha value is -6.74. The Labute approximate surface area is 300 Å². The van der Waals surface area contributed by atoms with Gasteiger partial charge in [-0.3, -0.25) is 0 Å². The maximum absolute atomic E-state index is 9.36. The van der Waals surface area contributed by atoms with Crippen LogP contribution in [0.2, 0.25) is 0 Å². The van der Waals surface area contributed by atoms with Crippen LogP contribution in [0, 0.1) is 22.1 Å². The third kappa shape index (κ3) is 6.40. The fourth-order valence-electron chi connectivity index (χ4n) is 6.43. The molecule has 4 nitrogen and oxygen atoms in total. The van der Waals surface area contributed by atoms with E-state index < -0.39 is 0 Å². The zero-order chi connectivity index (χ0) is 34.7. The lowest BCUT2D eigenvalue weighted by molar-refractivity contribution is 1.45. The van der Waals surface area contributed by atoms with Crippen LogP contribution in [0.3, 0.4) is 0 Å². The molecule has 0 aliphatic heterocycles. The topological polar surface area (TPSA) is 84.4 Å². The second kappa shape index (κ2) is 13.6. The zero-order valence-electron chi connectivity index (χ0n) is 27.5. The molecule has 0 atom stereocenters. The highest BCUT2D eigenvalue weighted by molar-refractivity contribution is 7.21. The van der Waals surface area contributed by atoms with Gasteiger partial charge in [-0.15, -0.1) is 11.3 Å². The summed E-state index contributed by atoms with van der Waals surface area (Å²) in [5.41, 5.74) is 11.5. The number of thiazole rings is 1. The van der Waals surface area contributed by atoms with Crippen molar-refractivity contribution in [3.63, 3.8) is 0 Å². The number of aromatic nitrogens is 1. The molecule has 1 aromatic heterocycles. The van der Waals surface area contributed by atoms with E-state index in [0.717, 1.165) is 76.1 Å². The van der Waals surface area contributed by atoms with Crippen LogP contribution in [0.15, 0.2) is 170 Å². The Morgan fingerprint density at radius 2 is 1.24 bits per heavy atom. The normalized spacial score (nSPS) is 11.2. The minimum Gasteiger partial charge on any atom is -0.300 e. The van der Waals surface area contributed by atoms with Gasteiger partial charge in [-0.05, 0) is 97.8 Å². The van der Waals surface area contributed by atoms with E-state index in [1.807, 2.05) is 66.7 Å². The molecule has 51 heavy (non-hydrogen) atoms. The van der Waals surface area contributed by atoms with E-state index in [9.17, 15) is 5.26 Å². The molecular formula is C46H30N4S. The van der Waals surface area contributed by atoms with Crippen LogP contribution in [-0.4, -0.2) is 16.4 Å². The van der Waals surface area contributed by atoms with Crippen molar-refractivity contribution in [2.24, 2.45) is 0 Å². The lowest BCUT2D eigenvalue weighted by Gasteiger charge is -2.15. The van der Waals surface area contributed by atoms with E-state index in [0.29, 0.717) is 17.0 Å². The lowest BCUT2D eigenvalue weighted by Crippen LogP contribution is -1.98. The van der Waals surface area contributed by atoms with Crippen LogP contribution >= 0.6 is 11.3 Å². The Kier molecular flexibility index (Phi) is 8.43. The molecule has 1 heterocycles. The predicted octanol–water partition coefficient (Wildman–Crippen LogP) is 12.0. The van der Waals surface area contributed by atoms with Gasteiger partial charge in [0.1, 0.15) is 5.01 Å². The van der Waals surface area contributed by atoms with E-state index in [-0.39, 0.29) is 0 Å². The molecule has 0 aliphatic carbocycles. The summed E-state index contributed by atoms with van der Waals surface area (Å²) in [4.78, 5) is 4.95. The average Bonchev–Trinajstić information content (AvgIpc) is 3.64. The Balaban J connectivity index is 1.13. The molecule has 7 aromatic carbocycles. The largest absolute Gasteiger partial charge is 0.300 e. The highest BCUT2D eigenvalue weighted by atomic mass is 32.1. The summed E-state index contributed by atoms with van der Waals surface area (Å²) in [6, 6.07) is 55.5. The number of fused-ring (bicyclic) bond motifs is 2. The van der Waals surface area contributed by atoms with Crippen molar-refractivity contribution in [3.05, 3.63) is 187 Å². The Bertz CT molecular complexity index is 2680. The van der Waals surface area contributed by atoms with Gasteiger partial charge in [0, 0.05) is 5.56 Å². The Morgan fingerprint density at radius 1 is 0.569 bits per heavy atom. The van der Waals surface area contributed by atoms with E-state index in [1.165, 1.54) is 0 Å². The number of nitrogens with one attached hydrogen (secondary N) is 2. The van der Waals surface area contributed by atoms with Crippen molar-refractivity contribution in [3.8, 4) is 50.0 Å². The van der Waals surface area contributed by atoms with E-state index in [4.69, 9.17) is 15.8 Å². The van der Waals surface area contributed by atoms with Gasteiger partial charge in [-0.2, -0.15) is 5.26 Å².